The molecule has 4 rings (SSSR count). The van der Waals surface area contributed by atoms with Crippen LogP contribution in [-0.2, 0) is 11.0 Å². The Kier molecular flexibility index (Phi) is 4.81. The highest BCUT2D eigenvalue weighted by Crippen LogP contribution is 2.37. The van der Waals surface area contributed by atoms with Gasteiger partial charge in [-0.25, -0.2) is 0 Å². The van der Waals surface area contributed by atoms with Crippen LogP contribution in [-0.4, -0.2) is 31.7 Å². The first kappa shape index (κ1) is 19.1. The number of carbonyl (C=O) groups excluding carboxylic acids is 2. The maximum atomic E-state index is 12.6. The Balaban J connectivity index is 1.35. The highest BCUT2D eigenvalue weighted by molar-refractivity contribution is 5.97. The number of benzene rings is 2. The molecule has 0 aromatic heterocycles. The Bertz CT molecular complexity index is 944. The van der Waals surface area contributed by atoms with E-state index < -0.39 is 17.6 Å². The molecule has 1 N–H and O–H groups in total. The van der Waals surface area contributed by atoms with Crippen LogP contribution in [0, 0.1) is 5.92 Å². The van der Waals surface area contributed by atoms with E-state index >= 15 is 0 Å². The number of hydrogen-bond donors (Lipinski definition) is 1. The minimum absolute atomic E-state index is 0.0716. The van der Waals surface area contributed by atoms with Crippen LogP contribution in [0.5, 0.6) is 11.5 Å². The largest absolute Gasteiger partial charge is 0.454 e. The normalized spacial score (nSPS) is 18.2. The van der Waals surface area contributed by atoms with Crippen LogP contribution < -0.4 is 19.7 Å². The van der Waals surface area contributed by atoms with E-state index in [1.165, 1.54) is 0 Å². The smallest absolute Gasteiger partial charge is 0.416 e. The summed E-state index contributed by atoms with van der Waals surface area (Å²) in [4.78, 5) is 26.2. The summed E-state index contributed by atoms with van der Waals surface area (Å²) in [5.41, 5.74) is 0.0144. The molecule has 29 heavy (non-hydrogen) atoms. The van der Waals surface area contributed by atoms with Gasteiger partial charge in [-0.3, -0.25) is 9.59 Å². The molecule has 1 atom stereocenters. The third-order valence-electron chi connectivity index (χ3n) is 4.90. The standard InChI is InChI=1S/C20H17F3N2O4/c21-20(22,23)14-3-1-13(2-4-14)19(27)24-9-12-7-18(26)25(10-12)15-5-6-16-17(8-15)29-11-28-16/h1-6,8,12H,7,9-11H2,(H,24,27). The highest BCUT2D eigenvalue weighted by atomic mass is 19.4. The van der Waals surface area contributed by atoms with Gasteiger partial charge in [0, 0.05) is 42.7 Å². The monoisotopic (exact) mass is 406 g/mol. The molecular formula is C20H17F3N2O4. The van der Waals surface area contributed by atoms with E-state index in [0.717, 1.165) is 24.3 Å². The molecule has 1 saturated heterocycles. The van der Waals surface area contributed by atoms with Crippen LogP contribution in [0.25, 0.3) is 0 Å². The summed E-state index contributed by atoms with van der Waals surface area (Å²) in [7, 11) is 0. The van der Waals surface area contributed by atoms with Crippen LogP contribution in [0.2, 0.25) is 0 Å². The number of amides is 2. The van der Waals surface area contributed by atoms with E-state index in [1.54, 1.807) is 23.1 Å². The molecule has 0 spiro atoms. The molecule has 0 saturated carbocycles. The number of halogens is 3. The zero-order valence-corrected chi connectivity index (χ0v) is 15.2. The van der Waals surface area contributed by atoms with Gasteiger partial charge in [0.05, 0.1) is 5.56 Å². The molecule has 0 radical (unpaired) electrons. The molecule has 2 aromatic rings. The van der Waals surface area contributed by atoms with E-state index in [-0.39, 0.29) is 37.1 Å². The van der Waals surface area contributed by atoms with Gasteiger partial charge in [0.25, 0.3) is 5.91 Å². The Morgan fingerprint density at radius 3 is 2.55 bits per heavy atom. The number of nitrogens with zero attached hydrogens (tertiary/aromatic N) is 1. The summed E-state index contributed by atoms with van der Waals surface area (Å²) in [5, 5.41) is 2.69. The second-order valence-electron chi connectivity index (χ2n) is 6.90. The van der Waals surface area contributed by atoms with Crippen LogP contribution >= 0.6 is 0 Å². The first-order valence-corrected chi connectivity index (χ1v) is 8.97. The number of ether oxygens (including phenoxy) is 2. The number of alkyl halides is 3. The van der Waals surface area contributed by atoms with E-state index in [9.17, 15) is 22.8 Å². The van der Waals surface area contributed by atoms with Crippen molar-refractivity contribution in [3.63, 3.8) is 0 Å². The lowest BCUT2D eigenvalue weighted by Gasteiger charge is -2.17. The predicted molar refractivity (Wildman–Crippen MR) is 96.8 cm³/mol. The SMILES string of the molecule is O=C(NCC1CC(=O)N(c2ccc3c(c2)OCO3)C1)c1ccc(C(F)(F)F)cc1. The third-order valence-corrected chi connectivity index (χ3v) is 4.90. The van der Waals surface area contributed by atoms with Crippen LogP contribution in [0.1, 0.15) is 22.3 Å². The number of anilines is 1. The van der Waals surface area contributed by atoms with Gasteiger partial charge in [-0.2, -0.15) is 13.2 Å². The third kappa shape index (κ3) is 3.98. The van der Waals surface area contributed by atoms with Crippen molar-refractivity contribution in [1.82, 2.24) is 5.32 Å². The number of nitrogens with one attached hydrogen (secondary N) is 1. The molecule has 2 heterocycles. The molecular weight excluding hydrogens is 389 g/mol. The van der Waals surface area contributed by atoms with E-state index in [1.807, 2.05) is 0 Å². The van der Waals surface area contributed by atoms with Gasteiger partial charge in [-0.05, 0) is 36.4 Å². The number of fused-ring (bicyclic) bond motifs is 1. The quantitative estimate of drug-likeness (QED) is 0.847. The number of rotatable bonds is 4. The molecule has 2 aliphatic rings. The molecule has 0 aliphatic carbocycles. The fraction of sp³-hybridized carbons (Fsp3) is 0.300. The Labute approximate surface area is 164 Å². The predicted octanol–water partition coefficient (Wildman–Crippen LogP) is 3.22. The fourth-order valence-corrected chi connectivity index (χ4v) is 3.37. The lowest BCUT2D eigenvalue weighted by atomic mass is 10.1. The van der Waals surface area contributed by atoms with Gasteiger partial charge < -0.3 is 19.7 Å². The molecule has 152 valence electrons. The summed E-state index contributed by atoms with van der Waals surface area (Å²) >= 11 is 0. The van der Waals surface area contributed by atoms with E-state index in [4.69, 9.17) is 9.47 Å². The molecule has 1 unspecified atom stereocenters. The Morgan fingerprint density at radius 2 is 1.83 bits per heavy atom. The molecule has 2 aromatic carbocycles. The van der Waals surface area contributed by atoms with Gasteiger partial charge in [0.2, 0.25) is 12.7 Å². The molecule has 6 nitrogen and oxygen atoms in total. The van der Waals surface area contributed by atoms with Crippen molar-refractivity contribution in [2.24, 2.45) is 5.92 Å². The minimum atomic E-state index is -4.45. The van der Waals surface area contributed by atoms with Crippen molar-refractivity contribution < 1.29 is 32.2 Å². The van der Waals surface area contributed by atoms with Crippen molar-refractivity contribution in [2.45, 2.75) is 12.6 Å². The van der Waals surface area contributed by atoms with Crippen molar-refractivity contribution in [1.29, 1.82) is 0 Å². The number of hydrogen-bond acceptors (Lipinski definition) is 4. The summed E-state index contributed by atoms with van der Waals surface area (Å²) in [6, 6.07) is 9.27. The van der Waals surface area contributed by atoms with Crippen molar-refractivity contribution in [2.75, 3.05) is 24.8 Å². The molecule has 0 bridgehead atoms. The average Bonchev–Trinajstić information content (AvgIpc) is 3.31. The first-order chi connectivity index (χ1) is 13.8. The highest BCUT2D eigenvalue weighted by Gasteiger charge is 2.32. The van der Waals surface area contributed by atoms with Crippen LogP contribution in [0.15, 0.2) is 42.5 Å². The Hall–Kier alpha value is -3.23. The van der Waals surface area contributed by atoms with Crippen molar-refractivity contribution >= 4 is 17.5 Å². The first-order valence-electron chi connectivity index (χ1n) is 8.97. The summed E-state index contributed by atoms with van der Waals surface area (Å²) in [6.45, 7) is 0.809. The maximum Gasteiger partial charge on any atom is 0.416 e. The maximum absolute atomic E-state index is 12.6. The topological polar surface area (TPSA) is 67.9 Å². The van der Waals surface area contributed by atoms with E-state index in [2.05, 4.69) is 5.32 Å². The minimum Gasteiger partial charge on any atom is -0.454 e. The summed E-state index contributed by atoms with van der Waals surface area (Å²) in [6.07, 6.45) is -4.18. The van der Waals surface area contributed by atoms with Crippen LogP contribution in [0.4, 0.5) is 18.9 Å². The fourth-order valence-electron chi connectivity index (χ4n) is 3.37. The average molecular weight is 406 g/mol. The number of carbonyl (C=O) groups is 2. The molecule has 9 heteroatoms. The van der Waals surface area contributed by atoms with Gasteiger partial charge >= 0.3 is 6.18 Å². The molecule has 1 fully saturated rings. The zero-order valence-electron chi connectivity index (χ0n) is 15.2. The molecule has 2 aliphatic heterocycles. The lowest BCUT2D eigenvalue weighted by molar-refractivity contribution is -0.137. The second-order valence-corrected chi connectivity index (χ2v) is 6.90. The summed E-state index contributed by atoms with van der Waals surface area (Å²) in [5.74, 6) is 0.548. The van der Waals surface area contributed by atoms with Crippen LogP contribution in [0.3, 0.4) is 0 Å². The van der Waals surface area contributed by atoms with Gasteiger partial charge in [-0.15, -0.1) is 0 Å². The zero-order chi connectivity index (χ0) is 20.6. The van der Waals surface area contributed by atoms with Gasteiger partial charge in [0.15, 0.2) is 11.5 Å². The summed E-state index contributed by atoms with van der Waals surface area (Å²) < 4.78 is 48.4. The molecule has 2 amide bonds. The second kappa shape index (κ2) is 7.31. The van der Waals surface area contributed by atoms with E-state index in [0.29, 0.717) is 23.7 Å². The van der Waals surface area contributed by atoms with Gasteiger partial charge in [0.1, 0.15) is 0 Å². The van der Waals surface area contributed by atoms with Crippen molar-refractivity contribution in [3.8, 4) is 11.5 Å². The lowest BCUT2D eigenvalue weighted by Crippen LogP contribution is -2.31. The van der Waals surface area contributed by atoms with Crippen molar-refractivity contribution in [3.05, 3.63) is 53.6 Å². The van der Waals surface area contributed by atoms with Gasteiger partial charge in [-0.1, -0.05) is 0 Å². The Morgan fingerprint density at radius 1 is 1.10 bits per heavy atom.